The van der Waals surface area contributed by atoms with E-state index in [1.165, 1.54) is 19.5 Å². The summed E-state index contributed by atoms with van der Waals surface area (Å²) in [6.07, 6.45) is 6.78. The zero-order chi connectivity index (χ0) is 26.8. The third-order valence-electron chi connectivity index (χ3n) is 7.39. The number of carbonyl (C=O) groups excluding carboxylic acids is 2. The van der Waals surface area contributed by atoms with Crippen LogP contribution in [0, 0.1) is 25.6 Å². The number of nitrogens with zero attached hydrogens (tertiary/aromatic N) is 2. The zero-order valence-corrected chi connectivity index (χ0v) is 22.0. The highest BCUT2D eigenvalue weighted by atomic mass is 19.1. The number of carbonyl (C=O) groups is 2. The summed E-state index contributed by atoms with van der Waals surface area (Å²) in [5.74, 6) is 0.290. The largest absolute Gasteiger partial charge is 0.492 e. The summed E-state index contributed by atoms with van der Waals surface area (Å²) < 4.78 is 25.3. The van der Waals surface area contributed by atoms with Gasteiger partial charge in [-0.05, 0) is 69.9 Å². The third-order valence-corrected chi connectivity index (χ3v) is 7.39. The fraction of sp³-hybridized carbons (Fsp3) is 0.500. The zero-order valence-electron chi connectivity index (χ0n) is 22.0. The molecule has 5 rings (SSSR count). The van der Waals surface area contributed by atoms with Crippen molar-refractivity contribution in [3.8, 4) is 17.0 Å². The molecule has 202 valence electrons. The fourth-order valence-corrected chi connectivity index (χ4v) is 5.10. The topological polar surface area (TPSA) is 118 Å². The van der Waals surface area contributed by atoms with Crippen molar-refractivity contribution >= 4 is 22.8 Å². The smallest absolute Gasteiger partial charge is 0.255 e. The Kier molecular flexibility index (Phi) is 7.60. The molecule has 2 amide bonds. The van der Waals surface area contributed by atoms with Crippen molar-refractivity contribution in [3.63, 3.8) is 0 Å². The first kappa shape index (κ1) is 26.1. The number of amides is 2. The lowest BCUT2D eigenvalue weighted by atomic mass is 9.91. The molecule has 3 aromatic rings. The van der Waals surface area contributed by atoms with Gasteiger partial charge in [-0.25, -0.2) is 14.4 Å². The monoisotopic (exact) mass is 523 g/mol. The Bertz CT molecular complexity index is 1340. The predicted octanol–water partition coefficient (Wildman–Crippen LogP) is 3.97. The normalized spacial score (nSPS) is 19.4. The van der Waals surface area contributed by atoms with Crippen LogP contribution in [0.5, 0.6) is 5.75 Å². The van der Waals surface area contributed by atoms with Crippen LogP contribution in [0.3, 0.4) is 0 Å². The van der Waals surface area contributed by atoms with Gasteiger partial charge in [-0.2, -0.15) is 0 Å². The Morgan fingerprint density at radius 3 is 2.45 bits per heavy atom. The van der Waals surface area contributed by atoms with Gasteiger partial charge in [0.05, 0.1) is 17.7 Å². The molecule has 0 radical (unpaired) electrons. The molecular weight excluding hydrogens is 489 g/mol. The van der Waals surface area contributed by atoms with E-state index in [9.17, 15) is 14.0 Å². The molecule has 2 saturated carbocycles. The van der Waals surface area contributed by atoms with E-state index in [0.29, 0.717) is 57.4 Å². The van der Waals surface area contributed by atoms with E-state index >= 15 is 0 Å². The highest BCUT2D eigenvalue weighted by Gasteiger charge is 2.28. The fourth-order valence-electron chi connectivity index (χ4n) is 5.10. The maximum absolute atomic E-state index is 14.4. The van der Waals surface area contributed by atoms with Crippen LogP contribution in [0.1, 0.15) is 60.1 Å². The van der Waals surface area contributed by atoms with E-state index in [1.807, 2.05) is 6.92 Å². The van der Waals surface area contributed by atoms with Gasteiger partial charge in [-0.3, -0.25) is 9.59 Å². The average molecular weight is 524 g/mol. The third kappa shape index (κ3) is 5.65. The van der Waals surface area contributed by atoms with Crippen molar-refractivity contribution < 1.29 is 23.5 Å². The molecule has 0 unspecified atom stereocenters. The van der Waals surface area contributed by atoms with E-state index in [0.717, 1.165) is 38.5 Å². The van der Waals surface area contributed by atoms with Crippen molar-refractivity contribution in [2.24, 2.45) is 5.92 Å². The molecule has 2 aromatic heterocycles. The summed E-state index contributed by atoms with van der Waals surface area (Å²) in [5.41, 5.74) is 4.00. The Morgan fingerprint density at radius 1 is 1.05 bits per heavy atom. The van der Waals surface area contributed by atoms with Crippen LogP contribution in [0.25, 0.3) is 22.3 Å². The number of aryl methyl sites for hydroxylation is 2. The molecule has 38 heavy (non-hydrogen) atoms. The molecule has 0 atom stereocenters. The first-order chi connectivity index (χ1) is 18.3. The van der Waals surface area contributed by atoms with Crippen LogP contribution in [0.4, 0.5) is 4.39 Å². The molecule has 0 spiro atoms. The van der Waals surface area contributed by atoms with Crippen molar-refractivity contribution in [1.29, 1.82) is 0 Å². The van der Waals surface area contributed by atoms with Crippen LogP contribution < -0.4 is 15.4 Å². The molecular formula is C28H34FN5O4. The number of benzene rings is 1. The second-order valence-electron chi connectivity index (χ2n) is 10.4. The SMILES string of the molecule is COCC(=O)N[C@H]1CC[C@H](NC(=O)c2c(C)[nH]c3c(-c4cc(C)c(F)cc4OCC4CC4)ncnc23)CC1. The van der Waals surface area contributed by atoms with E-state index in [2.05, 4.69) is 25.6 Å². The van der Waals surface area contributed by atoms with Crippen LogP contribution >= 0.6 is 0 Å². The lowest BCUT2D eigenvalue weighted by molar-refractivity contribution is -0.125. The Morgan fingerprint density at radius 2 is 1.76 bits per heavy atom. The number of rotatable bonds is 9. The maximum atomic E-state index is 14.4. The van der Waals surface area contributed by atoms with Crippen molar-refractivity contribution in [2.75, 3.05) is 20.3 Å². The minimum atomic E-state index is -0.333. The lowest BCUT2D eigenvalue weighted by Gasteiger charge is -2.29. The molecule has 2 heterocycles. The van der Waals surface area contributed by atoms with Gasteiger partial charge in [0.2, 0.25) is 5.91 Å². The molecule has 0 saturated heterocycles. The van der Waals surface area contributed by atoms with Gasteiger partial charge in [0, 0.05) is 36.5 Å². The second-order valence-corrected chi connectivity index (χ2v) is 10.4. The van der Waals surface area contributed by atoms with Crippen LogP contribution in [0.2, 0.25) is 0 Å². The van der Waals surface area contributed by atoms with E-state index in [1.54, 1.807) is 13.0 Å². The van der Waals surface area contributed by atoms with E-state index in [-0.39, 0.29) is 36.3 Å². The van der Waals surface area contributed by atoms with Crippen LogP contribution in [-0.2, 0) is 9.53 Å². The number of nitrogens with one attached hydrogen (secondary N) is 3. The molecule has 2 fully saturated rings. The van der Waals surface area contributed by atoms with Crippen molar-refractivity contribution in [2.45, 2.75) is 64.5 Å². The molecule has 2 aliphatic carbocycles. The van der Waals surface area contributed by atoms with E-state index in [4.69, 9.17) is 9.47 Å². The lowest BCUT2D eigenvalue weighted by Crippen LogP contribution is -2.44. The number of hydrogen-bond acceptors (Lipinski definition) is 6. The summed E-state index contributed by atoms with van der Waals surface area (Å²) in [5, 5.41) is 6.12. The number of methoxy groups -OCH3 is 1. The van der Waals surface area contributed by atoms with Crippen LogP contribution in [-0.4, -0.2) is 59.2 Å². The molecule has 0 bridgehead atoms. The van der Waals surface area contributed by atoms with E-state index < -0.39 is 0 Å². The maximum Gasteiger partial charge on any atom is 0.255 e. The number of aromatic amines is 1. The summed E-state index contributed by atoms with van der Waals surface area (Å²) in [6, 6.07) is 3.25. The summed E-state index contributed by atoms with van der Waals surface area (Å²) in [4.78, 5) is 37.4. The Hall–Kier alpha value is -3.53. The van der Waals surface area contributed by atoms with Gasteiger partial charge in [0.15, 0.2) is 0 Å². The molecule has 3 N–H and O–H groups in total. The predicted molar refractivity (Wildman–Crippen MR) is 141 cm³/mol. The Balaban J connectivity index is 1.36. The van der Waals surface area contributed by atoms with Gasteiger partial charge < -0.3 is 25.1 Å². The van der Waals surface area contributed by atoms with Gasteiger partial charge in [-0.15, -0.1) is 0 Å². The minimum absolute atomic E-state index is 0.00547. The van der Waals surface area contributed by atoms with Crippen molar-refractivity contribution in [1.82, 2.24) is 25.6 Å². The molecule has 10 heteroatoms. The number of ether oxygens (including phenoxy) is 2. The van der Waals surface area contributed by atoms with Gasteiger partial charge in [0.25, 0.3) is 5.91 Å². The summed E-state index contributed by atoms with van der Waals surface area (Å²) >= 11 is 0. The van der Waals surface area contributed by atoms with Gasteiger partial charge in [0.1, 0.15) is 35.7 Å². The average Bonchev–Trinajstić information content (AvgIpc) is 3.65. The summed E-state index contributed by atoms with van der Waals surface area (Å²) in [7, 11) is 1.50. The summed E-state index contributed by atoms with van der Waals surface area (Å²) in [6.45, 7) is 4.13. The highest BCUT2D eigenvalue weighted by molar-refractivity contribution is 6.09. The van der Waals surface area contributed by atoms with Gasteiger partial charge >= 0.3 is 0 Å². The minimum Gasteiger partial charge on any atom is -0.492 e. The van der Waals surface area contributed by atoms with Crippen molar-refractivity contribution in [3.05, 3.63) is 41.1 Å². The second kappa shape index (κ2) is 11.1. The number of hydrogen-bond donors (Lipinski definition) is 3. The first-order valence-corrected chi connectivity index (χ1v) is 13.2. The van der Waals surface area contributed by atoms with Gasteiger partial charge in [-0.1, -0.05) is 0 Å². The molecule has 0 aliphatic heterocycles. The molecule has 9 nitrogen and oxygen atoms in total. The number of aromatic nitrogens is 3. The van der Waals surface area contributed by atoms with Crippen LogP contribution in [0.15, 0.2) is 18.5 Å². The Labute approximate surface area is 220 Å². The quantitative estimate of drug-likeness (QED) is 0.391. The number of fused-ring (bicyclic) bond motifs is 1. The molecule has 1 aromatic carbocycles. The number of halogens is 1. The standard InChI is InChI=1S/C28H34FN5O4/c1-15-10-20(22(11-21(15)29)38-12-17-4-5-17)25-27-26(31-14-30-25)24(16(2)32-27)28(36)34-19-8-6-18(7-9-19)33-23(35)13-37-3/h10-11,14,17-19,32H,4-9,12-13H2,1-3H3,(H,33,35)(H,34,36)/t18-,19-. The first-order valence-electron chi connectivity index (χ1n) is 13.2. The highest BCUT2D eigenvalue weighted by Crippen LogP contribution is 2.37. The number of H-pyrrole nitrogens is 1. The molecule has 2 aliphatic rings.